The van der Waals surface area contributed by atoms with Gasteiger partial charge >= 0.3 is 0 Å². The Balaban J connectivity index is 2.13. The van der Waals surface area contributed by atoms with Gasteiger partial charge in [0.1, 0.15) is 6.61 Å². The summed E-state index contributed by atoms with van der Waals surface area (Å²) in [4.78, 5) is 0. The summed E-state index contributed by atoms with van der Waals surface area (Å²) >= 11 is 5.99. The molecule has 0 saturated carbocycles. The molecule has 2 N–H and O–H groups in total. The highest BCUT2D eigenvalue weighted by Crippen LogP contribution is 2.35. The molecule has 1 atom stereocenters. The van der Waals surface area contributed by atoms with Gasteiger partial charge in [-0.3, -0.25) is 0 Å². The van der Waals surface area contributed by atoms with Crippen LogP contribution in [-0.2, 0) is 11.3 Å². The lowest BCUT2D eigenvalue weighted by Gasteiger charge is -2.17. The minimum Gasteiger partial charge on any atom is -0.493 e. The second-order valence-corrected chi connectivity index (χ2v) is 4.68. The smallest absolute Gasteiger partial charge is 0.165 e. The average Bonchev–Trinajstić information content (AvgIpc) is 2.89. The van der Waals surface area contributed by atoms with E-state index in [1.165, 1.54) is 0 Å². The fraction of sp³-hybridized carbons (Fsp3) is 0.538. The molecular weight excluding hydrogens is 254 g/mol. The molecule has 5 heteroatoms. The third kappa shape index (κ3) is 3.07. The second kappa shape index (κ2) is 6.27. The lowest BCUT2D eigenvalue weighted by atomic mass is 10.2. The van der Waals surface area contributed by atoms with Gasteiger partial charge in [0.2, 0.25) is 0 Å². The highest BCUT2D eigenvalue weighted by atomic mass is 35.5. The number of nitrogens with two attached hydrogens (primary N) is 1. The molecule has 0 aliphatic carbocycles. The number of benzene rings is 1. The molecule has 1 heterocycles. The molecule has 1 aromatic rings. The Morgan fingerprint density at radius 1 is 1.50 bits per heavy atom. The Kier molecular flexibility index (Phi) is 4.69. The quantitative estimate of drug-likeness (QED) is 0.893. The van der Waals surface area contributed by atoms with Crippen LogP contribution >= 0.6 is 11.6 Å². The van der Waals surface area contributed by atoms with E-state index in [1.54, 1.807) is 19.2 Å². The molecule has 18 heavy (non-hydrogen) atoms. The first-order valence-corrected chi connectivity index (χ1v) is 6.43. The van der Waals surface area contributed by atoms with Gasteiger partial charge in [-0.2, -0.15) is 0 Å². The van der Waals surface area contributed by atoms with Crippen molar-refractivity contribution in [1.29, 1.82) is 0 Å². The fourth-order valence-corrected chi connectivity index (χ4v) is 2.27. The Labute approximate surface area is 112 Å². The van der Waals surface area contributed by atoms with E-state index in [-0.39, 0.29) is 6.10 Å². The van der Waals surface area contributed by atoms with Crippen LogP contribution in [0.1, 0.15) is 18.4 Å². The number of hydrogen-bond acceptors (Lipinski definition) is 4. The Morgan fingerprint density at radius 3 is 2.94 bits per heavy atom. The molecule has 0 radical (unpaired) electrons. The number of methoxy groups -OCH3 is 1. The van der Waals surface area contributed by atoms with E-state index < -0.39 is 0 Å². The summed E-state index contributed by atoms with van der Waals surface area (Å²) in [7, 11) is 1.59. The SMILES string of the molecule is COc1cc(Cl)cc(CN)c1OCC1CCCO1. The maximum absolute atomic E-state index is 5.99. The van der Waals surface area contributed by atoms with Gasteiger partial charge in [0.05, 0.1) is 13.2 Å². The summed E-state index contributed by atoms with van der Waals surface area (Å²) in [5, 5.41) is 0.594. The van der Waals surface area contributed by atoms with Crippen LogP contribution in [0.15, 0.2) is 12.1 Å². The standard InChI is InChI=1S/C13H18ClNO3/c1-16-12-6-10(14)5-9(7-15)13(12)18-8-11-3-2-4-17-11/h5-6,11H,2-4,7-8,15H2,1H3. The molecule has 1 aliphatic heterocycles. The zero-order valence-electron chi connectivity index (χ0n) is 10.4. The lowest BCUT2D eigenvalue weighted by molar-refractivity contribution is 0.0666. The number of hydrogen-bond donors (Lipinski definition) is 1. The van der Waals surface area contributed by atoms with E-state index in [0.717, 1.165) is 25.0 Å². The van der Waals surface area contributed by atoms with Crippen molar-refractivity contribution in [2.75, 3.05) is 20.3 Å². The topological polar surface area (TPSA) is 53.7 Å². The largest absolute Gasteiger partial charge is 0.493 e. The van der Waals surface area contributed by atoms with E-state index in [1.807, 2.05) is 0 Å². The maximum Gasteiger partial charge on any atom is 0.165 e. The first-order valence-electron chi connectivity index (χ1n) is 6.05. The van der Waals surface area contributed by atoms with Crippen molar-refractivity contribution >= 4 is 11.6 Å². The summed E-state index contributed by atoms with van der Waals surface area (Å²) in [5.41, 5.74) is 6.55. The van der Waals surface area contributed by atoms with Crippen LogP contribution in [0.5, 0.6) is 11.5 Å². The summed E-state index contributed by atoms with van der Waals surface area (Å²) in [6.45, 7) is 1.69. The van der Waals surface area contributed by atoms with Crippen LogP contribution in [0.2, 0.25) is 5.02 Å². The van der Waals surface area contributed by atoms with E-state index in [9.17, 15) is 0 Å². The van der Waals surface area contributed by atoms with Gasteiger partial charge in [0.15, 0.2) is 11.5 Å². The number of rotatable bonds is 5. The molecule has 1 saturated heterocycles. The molecule has 0 spiro atoms. The van der Waals surface area contributed by atoms with Crippen molar-refractivity contribution in [1.82, 2.24) is 0 Å². The molecule has 1 aliphatic rings. The zero-order chi connectivity index (χ0) is 13.0. The Morgan fingerprint density at radius 2 is 2.33 bits per heavy atom. The van der Waals surface area contributed by atoms with Crippen LogP contribution in [0.4, 0.5) is 0 Å². The van der Waals surface area contributed by atoms with E-state index in [4.69, 9.17) is 31.5 Å². The van der Waals surface area contributed by atoms with Crippen LogP contribution in [-0.4, -0.2) is 26.4 Å². The van der Waals surface area contributed by atoms with Crippen LogP contribution in [0.25, 0.3) is 0 Å². The van der Waals surface area contributed by atoms with Crippen molar-refractivity contribution < 1.29 is 14.2 Å². The fourth-order valence-electron chi connectivity index (χ4n) is 2.04. The molecular formula is C13H18ClNO3. The number of ether oxygens (including phenoxy) is 3. The van der Waals surface area contributed by atoms with Crippen molar-refractivity contribution in [3.05, 3.63) is 22.7 Å². The summed E-state index contributed by atoms with van der Waals surface area (Å²) in [6.07, 6.45) is 2.29. The molecule has 0 amide bonds. The maximum atomic E-state index is 5.99. The summed E-state index contributed by atoms with van der Waals surface area (Å²) in [6, 6.07) is 3.53. The minimum atomic E-state index is 0.163. The van der Waals surface area contributed by atoms with Gasteiger partial charge in [-0.05, 0) is 18.9 Å². The molecule has 4 nitrogen and oxygen atoms in total. The minimum absolute atomic E-state index is 0.163. The molecule has 1 fully saturated rings. The van der Waals surface area contributed by atoms with Crippen LogP contribution < -0.4 is 15.2 Å². The molecule has 0 aromatic heterocycles. The van der Waals surface area contributed by atoms with Gasteiger partial charge in [-0.25, -0.2) is 0 Å². The third-order valence-corrected chi connectivity index (χ3v) is 3.19. The van der Waals surface area contributed by atoms with E-state index in [2.05, 4.69) is 0 Å². The number of halogens is 1. The van der Waals surface area contributed by atoms with Gasteiger partial charge in [-0.1, -0.05) is 11.6 Å². The predicted molar refractivity (Wildman–Crippen MR) is 70.4 cm³/mol. The second-order valence-electron chi connectivity index (χ2n) is 4.25. The first kappa shape index (κ1) is 13.5. The average molecular weight is 272 g/mol. The molecule has 0 bridgehead atoms. The van der Waals surface area contributed by atoms with Crippen LogP contribution in [0, 0.1) is 0 Å². The van der Waals surface area contributed by atoms with Crippen molar-refractivity contribution in [2.45, 2.75) is 25.5 Å². The zero-order valence-corrected chi connectivity index (χ0v) is 11.2. The van der Waals surface area contributed by atoms with Crippen molar-refractivity contribution in [3.8, 4) is 11.5 Å². The van der Waals surface area contributed by atoms with Gasteiger partial charge in [0.25, 0.3) is 0 Å². The van der Waals surface area contributed by atoms with Crippen LogP contribution in [0.3, 0.4) is 0 Å². The van der Waals surface area contributed by atoms with Gasteiger partial charge in [-0.15, -0.1) is 0 Å². The molecule has 1 unspecified atom stereocenters. The Hall–Kier alpha value is -0.970. The molecule has 2 rings (SSSR count). The lowest BCUT2D eigenvalue weighted by Crippen LogP contribution is -2.17. The Bertz CT molecular complexity index is 380. The van der Waals surface area contributed by atoms with Gasteiger partial charge in [0, 0.05) is 29.8 Å². The summed E-state index contributed by atoms with van der Waals surface area (Å²) in [5.74, 6) is 1.28. The van der Waals surface area contributed by atoms with Gasteiger partial charge < -0.3 is 19.9 Å². The predicted octanol–water partition coefficient (Wildman–Crippen LogP) is 2.37. The van der Waals surface area contributed by atoms with E-state index >= 15 is 0 Å². The third-order valence-electron chi connectivity index (χ3n) is 2.97. The first-order chi connectivity index (χ1) is 8.74. The highest BCUT2D eigenvalue weighted by molar-refractivity contribution is 6.30. The summed E-state index contributed by atoms with van der Waals surface area (Å²) < 4.78 is 16.6. The van der Waals surface area contributed by atoms with Crippen molar-refractivity contribution in [3.63, 3.8) is 0 Å². The van der Waals surface area contributed by atoms with E-state index in [0.29, 0.717) is 29.7 Å². The highest BCUT2D eigenvalue weighted by Gasteiger charge is 2.18. The normalized spacial score (nSPS) is 18.9. The molecule has 1 aromatic carbocycles. The van der Waals surface area contributed by atoms with Crippen molar-refractivity contribution in [2.24, 2.45) is 5.73 Å². The monoisotopic (exact) mass is 271 g/mol. The molecule has 100 valence electrons.